The minimum absolute atomic E-state index is 0.0309. The second-order valence-electron chi connectivity index (χ2n) is 6.95. The fourth-order valence-electron chi connectivity index (χ4n) is 3.18. The molecule has 2 aromatic carbocycles. The van der Waals surface area contributed by atoms with Gasteiger partial charge in [0.15, 0.2) is 0 Å². The van der Waals surface area contributed by atoms with Crippen LogP contribution >= 0.6 is 23.4 Å². The third-order valence-corrected chi connectivity index (χ3v) is 5.78. The van der Waals surface area contributed by atoms with E-state index in [4.69, 9.17) is 11.6 Å². The molecule has 0 bridgehead atoms. The number of nitrogens with zero attached hydrogens (tertiary/aromatic N) is 1. The summed E-state index contributed by atoms with van der Waals surface area (Å²) in [5.74, 6) is 0.879. The van der Waals surface area contributed by atoms with Crippen LogP contribution in [0.3, 0.4) is 0 Å². The van der Waals surface area contributed by atoms with Crippen molar-refractivity contribution in [2.45, 2.75) is 45.5 Å². The minimum atomic E-state index is -0.477. The van der Waals surface area contributed by atoms with Crippen molar-refractivity contribution in [2.24, 2.45) is 0 Å². The number of aryl methyl sites for hydroxylation is 1. The Morgan fingerprint density at radius 3 is 2.48 bits per heavy atom. The van der Waals surface area contributed by atoms with E-state index in [-0.39, 0.29) is 11.8 Å². The van der Waals surface area contributed by atoms with Crippen molar-refractivity contribution in [3.63, 3.8) is 0 Å². The molecule has 0 aromatic heterocycles. The maximum Gasteiger partial charge on any atom is 0.242 e. The summed E-state index contributed by atoms with van der Waals surface area (Å²) in [6, 6.07) is 15.2. The van der Waals surface area contributed by atoms with Crippen LogP contribution in [0.15, 0.2) is 48.5 Å². The number of nitrogens with one attached hydrogen (secondary N) is 1. The smallest absolute Gasteiger partial charge is 0.242 e. The second-order valence-corrected chi connectivity index (χ2v) is 8.37. The number of carbonyl (C=O) groups is 2. The predicted octanol–water partition coefficient (Wildman–Crippen LogP) is 4.83. The molecule has 0 aliphatic heterocycles. The average molecular weight is 433 g/mol. The number of hydrogen-bond donors (Lipinski definition) is 1. The quantitative estimate of drug-likeness (QED) is 0.585. The Kier molecular flexibility index (Phi) is 9.55. The number of hydrogen-bond acceptors (Lipinski definition) is 3. The van der Waals surface area contributed by atoms with E-state index in [9.17, 15) is 9.59 Å². The van der Waals surface area contributed by atoms with Crippen LogP contribution in [0.5, 0.6) is 0 Å². The average Bonchev–Trinajstić information content (AvgIpc) is 2.68. The van der Waals surface area contributed by atoms with Crippen molar-refractivity contribution in [2.75, 3.05) is 12.3 Å². The van der Waals surface area contributed by atoms with Crippen LogP contribution < -0.4 is 5.32 Å². The zero-order valence-corrected chi connectivity index (χ0v) is 18.9. The molecule has 4 nitrogen and oxygen atoms in total. The van der Waals surface area contributed by atoms with E-state index in [0.717, 1.165) is 16.7 Å². The maximum absolute atomic E-state index is 13.1. The van der Waals surface area contributed by atoms with Gasteiger partial charge in [0.25, 0.3) is 0 Å². The highest BCUT2D eigenvalue weighted by molar-refractivity contribution is 7.99. The molecule has 29 heavy (non-hydrogen) atoms. The molecular weight excluding hydrogens is 404 g/mol. The van der Waals surface area contributed by atoms with Gasteiger partial charge in [-0.25, -0.2) is 0 Å². The number of carbonyl (C=O) groups excluding carboxylic acids is 2. The van der Waals surface area contributed by atoms with Crippen LogP contribution in [0.4, 0.5) is 0 Å². The Hall–Kier alpha value is -1.98. The van der Waals surface area contributed by atoms with Crippen LogP contribution in [0.2, 0.25) is 5.02 Å². The molecule has 0 heterocycles. The molecule has 0 fully saturated rings. The molecule has 0 aliphatic carbocycles. The Balaban J connectivity index is 2.11. The maximum atomic E-state index is 13.1. The zero-order valence-electron chi connectivity index (χ0n) is 17.3. The Bertz CT molecular complexity index is 828. The van der Waals surface area contributed by atoms with Crippen molar-refractivity contribution in [3.8, 4) is 0 Å². The number of benzene rings is 2. The number of amides is 2. The van der Waals surface area contributed by atoms with E-state index in [0.29, 0.717) is 36.0 Å². The third kappa shape index (κ3) is 7.41. The van der Waals surface area contributed by atoms with Crippen LogP contribution in [0.1, 0.15) is 37.0 Å². The molecule has 2 amide bonds. The summed E-state index contributed by atoms with van der Waals surface area (Å²) in [6.45, 7) is 6.82. The van der Waals surface area contributed by atoms with Crippen molar-refractivity contribution < 1.29 is 9.59 Å². The van der Waals surface area contributed by atoms with E-state index in [1.807, 2.05) is 63.2 Å². The standard InChI is InChI=1S/C23H29ClN2O2S/c1-4-21(23(28)25-5-2)26(14-18-9-6-8-17(3)12-18)22(27)16-29-15-19-10-7-11-20(24)13-19/h6-13,21H,4-5,14-16H2,1-3H3,(H,25,28). The summed E-state index contributed by atoms with van der Waals surface area (Å²) in [4.78, 5) is 27.4. The van der Waals surface area contributed by atoms with Crippen molar-refractivity contribution in [3.05, 3.63) is 70.2 Å². The van der Waals surface area contributed by atoms with Gasteiger partial charge in [-0.1, -0.05) is 60.5 Å². The molecule has 0 aliphatic rings. The molecule has 1 unspecified atom stereocenters. The molecule has 6 heteroatoms. The minimum Gasteiger partial charge on any atom is -0.355 e. The van der Waals surface area contributed by atoms with E-state index in [2.05, 4.69) is 11.4 Å². The Labute approximate surface area is 183 Å². The SMILES string of the molecule is CCNC(=O)C(CC)N(Cc1cccc(C)c1)C(=O)CSCc1cccc(Cl)c1. The van der Waals surface area contributed by atoms with Crippen LogP contribution in [-0.4, -0.2) is 35.1 Å². The largest absolute Gasteiger partial charge is 0.355 e. The van der Waals surface area contributed by atoms with Crippen LogP contribution in [0.25, 0.3) is 0 Å². The van der Waals surface area contributed by atoms with Gasteiger partial charge >= 0.3 is 0 Å². The first-order chi connectivity index (χ1) is 13.9. The number of likely N-dealkylation sites (N-methyl/N-ethyl adjacent to an activating group) is 1. The van der Waals surface area contributed by atoms with E-state index in [1.54, 1.807) is 4.90 Å². The van der Waals surface area contributed by atoms with Crippen LogP contribution in [-0.2, 0) is 21.9 Å². The summed E-state index contributed by atoms with van der Waals surface area (Å²) in [7, 11) is 0. The fourth-order valence-corrected chi connectivity index (χ4v) is 4.26. The van der Waals surface area contributed by atoms with Gasteiger partial charge in [0.1, 0.15) is 6.04 Å². The lowest BCUT2D eigenvalue weighted by Gasteiger charge is -2.30. The lowest BCUT2D eigenvalue weighted by molar-refractivity contribution is -0.139. The number of rotatable bonds is 10. The molecule has 2 aromatic rings. The molecule has 1 N–H and O–H groups in total. The second kappa shape index (κ2) is 11.9. The molecular formula is C23H29ClN2O2S. The van der Waals surface area contributed by atoms with Crippen molar-refractivity contribution in [1.29, 1.82) is 0 Å². The summed E-state index contributed by atoms with van der Waals surface area (Å²) >= 11 is 7.57. The summed E-state index contributed by atoms with van der Waals surface area (Å²) in [5.41, 5.74) is 3.24. The highest BCUT2D eigenvalue weighted by atomic mass is 35.5. The van der Waals surface area contributed by atoms with E-state index >= 15 is 0 Å². The highest BCUT2D eigenvalue weighted by Crippen LogP contribution is 2.19. The topological polar surface area (TPSA) is 49.4 Å². The predicted molar refractivity (Wildman–Crippen MR) is 122 cm³/mol. The monoisotopic (exact) mass is 432 g/mol. The van der Waals surface area contributed by atoms with E-state index in [1.165, 1.54) is 11.8 Å². The summed E-state index contributed by atoms with van der Waals surface area (Å²) < 4.78 is 0. The molecule has 156 valence electrons. The third-order valence-electron chi connectivity index (χ3n) is 4.56. The number of thioether (sulfide) groups is 1. The van der Waals surface area contributed by atoms with Gasteiger partial charge in [0.2, 0.25) is 11.8 Å². The van der Waals surface area contributed by atoms with Gasteiger partial charge in [-0.15, -0.1) is 11.8 Å². The molecule has 0 saturated heterocycles. The molecule has 0 spiro atoms. The van der Waals surface area contributed by atoms with Gasteiger partial charge in [0, 0.05) is 23.9 Å². The number of halogens is 1. The molecule has 0 radical (unpaired) electrons. The fraction of sp³-hybridized carbons (Fsp3) is 0.391. The highest BCUT2D eigenvalue weighted by Gasteiger charge is 2.28. The van der Waals surface area contributed by atoms with Crippen LogP contribution in [0, 0.1) is 6.92 Å². The molecule has 1 atom stereocenters. The summed E-state index contributed by atoms with van der Waals surface area (Å²) in [6.07, 6.45) is 0.572. The molecule has 0 saturated carbocycles. The van der Waals surface area contributed by atoms with Gasteiger partial charge < -0.3 is 10.2 Å². The summed E-state index contributed by atoms with van der Waals surface area (Å²) in [5, 5.41) is 3.56. The first kappa shape index (κ1) is 23.3. The Morgan fingerprint density at radius 2 is 1.83 bits per heavy atom. The Morgan fingerprint density at radius 1 is 1.10 bits per heavy atom. The van der Waals surface area contributed by atoms with Gasteiger partial charge in [0.05, 0.1) is 5.75 Å². The van der Waals surface area contributed by atoms with E-state index < -0.39 is 6.04 Å². The van der Waals surface area contributed by atoms with Gasteiger partial charge in [-0.05, 0) is 43.5 Å². The van der Waals surface area contributed by atoms with Gasteiger partial charge in [-0.2, -0.15) is 0 Å². The van der Waals surface area contributed by atoms with Crippen molar-refractivity contribution >= 4 is 35.2 Å². The normalized spacial score (nSPS) is 11.7. The first-order valence-corrected chi connectivity index (χ1v) is 11.4. The van der Waals surface area contributed by atoms with Crippen molar-refractivity contribution in [1.82, 2.24) is 10.2 Å². The lowest BCUT2D eigenvalue weighted by Crippen LogP contribution is -2.49. The van der Waals surface area contributed by atoms with Gasteiger partial charge in [-0.3, -0.25) is 9.59 Å². The lowest BCUT2D eigenvalue weighted by atomic mass is 10.1. The zero-order chi connectivity index (χ0) is 21.2. The molecule has 2 rings (SSSR count). The first-order valence-electron chi connectivity index (χ1n) is 9.89.